The molecule has 6 heteroatoms. The standard InChI is InChI=1S/C15H19NO4S/c1-15(2)9-12(15)10-16-21(19,20)13-6-3-11(4-7-13)5-8-14(17)18/h3-8,12,16H,9-10H2,1-2H3,(H,17,18)/b8-5+. The second-order valence-electron chi connectivity index (χ2n) is 5.98. The van der Waals surface area contributed by atoms with Crippen LogP contribution in [0.15, 0.2) is 35.2 Å². The van der Waals surface area contributed by atoms with Crippen LogP contribution in [-0.2, 0) is 14.8 Å². The van der Waals surface area contributed by atoms with Gasteiger partial charge in [-0.15, -0.1) is 0 Å². The lowest BCUT2D eigenvalue weighted by atomic mass is 10.1. The van der Waals surface area contributed by atoms with Crippen LogP contribution in [0.1, 0.15) is 25.8 Å². The molecule has 1 atom stereocenters. The Morgan fingerprint density at radius 2 is 1.95 bits per heavy atom. The number of nitrogens with one attached hydrogen (secondary N) is 1. The van der Waals surface area contributed by atoms with Crippen molar-refractivity contribution in [1.29, 1.82) is 0 Å². The number of sulfonamides is 1. The first-order chi connectivity index (χ1) is 9.71. The molecule has 1 aromatic carbocycles. The Kier molecular flexibility index (Phi) is 4.20. The van der Waals surface area contributed by atoms with Gasteiger partial charge in [-0.3, -0.25) is 0 Å². The number of hydrogen-bond acceptors (Lipinski definition) is 3. The van der Waals surface area contributed by atoms with Crippen LogP contribution in [0.3, 0.4) is 0 Å². The van der Waals surface area contributed by atoms with Gasteiger partial charge in [0.1, 0.15) is 0 Å². The molecule has 0 aromatic heterocycles. The van der Waals surface area contributed by atoms with Gasteiger partial charge in [0.15, 0.2) is 0 Å². The van der Waals surface area contributed by atoms with E-state index in [9.17, 15) is 13.2 Å². The number of hydrogen-bond donors (Lipinski definition) is 2. The fourth-order valence-corrected chi connectivity index (χ4v) is 3.23. The minimum atomic E-state index is -3.50. The summed E-state index contributed by atoms with van der Waals surface area (Å²) in [5, 5.41) is 8.54. The van der Waals surface area contributed by atoms with E-state index < -0.39 is 16.0 Å². The van der Waals surface area contributed by atoms with E-state index in [0.29, 0.717) is 18.0 Å². The van der Waals surface area contributed by atoms with Crippen LogP contribution in [0.5, 0.6) is 0 Å². The summed E-state index contributed by atoms with van der Waals surface area (Å²) in [4.78, 5) is 10.6. The first-order valence-corrected chi connectivity index (χ1v) is 8.20. The molecule has 0 bridgehead atoms. The third kappa shape index (κ3) is 4.15. The minimum absolute atomic E-state index is 0.188. The molecule has 1 saturated carbocycles. The van der Waals surface area contributed by atoms with Gasteiger partial charge >= 0.3 is 5.97 Å². The fourth-order valence-electron chi connectivity index (χ4n) is 2.14. The van der Waals surface area contributed by atoms with Crippen LogP contribution in [0, 0.1) is 11.3 Å². The Balaban J connectivity index is 2.01. The van der Waals surface area contributed by atoms with Gasteiger partial charge in [0, 0.05) is 12.6 Å². The molecule has 1 aliphatic rings. The predicted octanol–water partition coefficient (Wildman–Crippen LogP) is 2.11. The zero-order chi connectivity index (χ0) is 15.7. The average molecular weight is 309 g/mol. The van der Waals surface area contributed by atoms with Gasteiger partial charge in [-0.25, -0.2) is 17.9 Å². The molecular formula is C15H19NO4S. The van der Waals surface area contributed by atoms with Crippen LogP contribution < -0.4 is 4.72 Å². The first kappa shape index (κ1) is 15.7. The van der Waals surface area contributed by atoms with Crippen LogP contribution in [0.25, 0.3) is 6.08 Å². The highest BCUT2D eigenvalue weighted by Gasteiger charge is 2.45. The second-order valence-corrected chi connectivity index (χ2v) is 7.75. The van der Waals surface area contributed by atoms with Gasteiger partial charge in [0.2, 0.25) is 10.0 Å². The van der Waals surface area contributed by atoms with Crippen LogP contribution in [0.4, 0.5) is 0 Å². The van der Waals surface area contributed by atoms with E-state index in [0.717, 1.165) is 12.5 Å². The highest BCUT2D eigenvalue weighted by Crippen LogP contribution is 2.51. The maximum atomic E-state index is 12.1. The SMILES string of the molecule is CC1(C)CC1CNS(=O)(=O)c1ccc(/C=C/C(=O)O)cc1. The summed E-state index contributed by atoms with van der Waals surface area (Å²) in [5.41, 5.74) is 0.869. The quantitative estimate of drug-likeness (QED) is 0.788. The summed E-state index contributed by atoms with van der Waals surface area (Å²) in [6, 6.07) is 6.11. The summed E-state index contributed by atoms with van der Waals surface area (Å²) < 4.78 is 26.9. The van der Waals surface area contributed by atoms with Gasteiger partial charge in [0.05, 0.1) is 4.90 Å². The van der Waals surface area contributed by atoms with Crippen molar-refractivity contribution in [3.05, 3.63) is 35.9 Å². The highest BCUT2D eigenvalue weighted by atomic mass is 32.2. The number of carbonyl (C=O) groups is 1. The van der Waals surface area contributed by atoms with Crippen molar-refractivity contribution in [2.75, 3.05) is 6.54 Å². The first-order valence-electron chi connectivity index (χ1n) is 6.71. The summed E-state index contributed by atoms with van der Waals surface area (Å²) >= 11 is 0. The lowest BCUT2D eigenvalue weighted by Gasteiger charge is -2.08. The minimum Gasteiger partial charge on any atom is -0.478 e. The van der Waals surface area contributed by atoms with Gasteiger partial charge in [-0.05, 0) is 41.5 Å². The smallest absolute Gasteiger partial charge is 0.328 e. The molecule has 0 radical (unpaired) electrons. The molecule has 1 unspecified atom stereocenters. The van der Waals surface area contributed by atoms with E-state index >= 15 is 0 Å². The lowest BCUT2D eigenvalue weighted by molar-refractivity contribution is -0.131. The van der Waals surface area contributed by atoms with Crippen LogP contribution in [-0.4, -0.2) is 26.0 Å². The molecule has 5 nitrogen and oxygen atoms in total. The van der Waals surface area contributed by atoms with Crippen molar-refractivity contribution >= 4 is 22.1 Å². The summed E-state index contributed by atoms with van der Waals surface area (Å²) in [7, 11) is -3.50. The van der Waals surface area contributed by atoms with Gasteiger partial charge < -0.3 is 5.11 Å². The molecule has 2 rings (SSSR count). The van der Waals surface area contributed by atoms with Crippen molar-refractivity contribution in [3.63, 3.8) is 0 Å². The normalized spacial score (nSPS) is 20.6. The Hall–Kier alpha value is -1.66. The zero-order valence-electron chi connectivity index (χ0n) is 12.0. The molecule has 114 valence electrons. The second kappa shape index (κ2) is 5.61. The molecule has 0 saturated heterocycles. The number of carboxylic acid groups (broad SMARTS) is 1. The number of benzene rings is 1. The molecule has 0 heterocycles. The van der Waals surface area contributed by atoms with Crippen molar-refractivity contribution in [1.82, 2.24) is 4.72 Å². The molecule has 21 heavy (non-hydrogen) atoms. The molecule has 1 fully saturated rings. The monoisotopic (exact) mass is 309 g/mol. The molecule has 0 aliphatic heterocycles. The number of rotatable bonds is 6. The maximum absolute atomic E-state index is 12.1. The highest BCUT2D eigenvalue weighted by molar-refractivity contribution is 7.89. The predicted molar refractivity (Wildman–Crippen MR) is 80.2 cm³/mol. The Bertz CT molecular complexity index is 659. The van der Waals surface area contributed by atoms with Gasteiger partial charge in [-0.1, -0.05) is 26.0 Å². The molecule has 0 spiro atoms. The van der Waals surface area contributed by atoms with Crippen LogP contribution in [0.2, 0.25) is 0 Å². The summed E-state index contributed by atoms with van der Waals surface area (Å²) in [6.45, 7) is 4.70. The third-order valence-corrected chi connectivity index (χ3v) is 5.29. The summed E-state index contributed by atoms with van der Waals surface area (Å²) in [5.74, 6) is -0.648. The van der Waals surface area contributed by atoms with Crippen molar-refractivity contribution in [2.24, 2.45) is 11.3 Å². The van der Waals surface area contributed by atoms with E-state index in [1.54, 1.807) is 12.1 Å². The topological polar surface area (TPSA) is 83.5 Å². The average Bonchev–Trinajstić information content (AvgIpc) is 3.02. The largest absolute Gasteiger partial charge is 0.478 e. The van der Waals surface area contributed by atoms with E-state index in [2.05, 4.69) is 18.6 Å². The van der Waals surface area contributed by atoms with Crippen molar-refractivity contribution in [3.8, 4) is 0 Å². The molecule has 1 aliphatic carbocycles. The van der Waals surface area contributed by atoms with E-state index in [-0.39, 0.29) is 10.3 Å². The van der Waals surface area contributed by atoms with Gasteiger partial charge in [0.25, 0.3) is 0 Å². The van der Waals surface area contributed by atoms with Gasteiger partial charge in [-0.2, -0.15) is 0 Å². The Morgan fingerprint density at radius 1 is 1.38 bits per heavy atom. The maximum Gasteiger partial charge on any atom is 0.328 e. The lowest BCUT2D eigenvalue weighted by Crippen LogP contribution is -2.26. The number of aliphatic carboxylic acids is 1. The molecule has 1 aromatic rings. The van der Waals surface area contributed by atoms with Crippen molar-refractivity contribution in [2.45, 2.75) is 25.2 Å². The Labute approximate surface area is 124 Å². The molecular weight excluding hydrogens is 290 g/mol. The van der Waals surface area contributed by atoms with E-state index in [4.69, 9.17) is 5.11 Å². The summed E-state index contributed by atoms with van der Waals surface area (Å²) in [6.07, 6.45) is 3.46. The Morgan fingerprint density at radius 3 is 2.43 bits per heavy atom. The fraction of sp³-hybridized carbons (Fsp3) is 0.400. The van der Waals surface area contributed by atoms with E-state index in [1.165, 1.54) is 18.2 Å². The van der Waals surface area contributed by atoms with Crippen molar-refractivity contribution < 1.29 is 18.3 Å². The van der Waals surface area contributed by atoms with Crippen LogP contribution >= 0.6 is 0 Å². The molecule has 2 N–H and O–H groups in total. The van der Waals surface area contributed by atoms with E-state index in [1.807, 2.05) is 0 Å². The molecule has 0 amide bonds. The zero-order valence-corrected chi connectivity index (χ0v) is 12.9. The number of carboxylic acids is 1. The third-order valence-electron chi connectivity index (χ3n) is 3.85.